The Hall–Kier alpha value is -2.89. The highest BCUT2D eigenvalue weighted by Gasteiger charge is 2.19. The van der Waals surface area contributed by atoms with E-state index in [1.54, 1.807) is 0 Å². The van der Waals surface area contributed by atoms with Gasteiger partial charge in [0.05, 0.1) is 0 Å². The zero-order valence-electron chi connectivity index (χ0n) is 42.3. The molecule has 0 spiro atoms. The van der Waals surface area contributed by atoms with Gasteiger partial charge in [-0.3, -0.25) is 14.4 Å². The van der Waals surface area contributed by atoms with Crippen LogP contribution < -0.4 is 0 Å². The molecule has 0 saturated heterocycles. The van der Waals surface area contributed by atoms with Gasteiger partial charge in [0.15, 0.2) is 6.10 Å². The molecule has 0 heterocycles. The van der Waals surface area contributed by atoms with Crippen molar-refractivity contribution in [3.63, 3.8) is 0 Å². The summed E-state index contributed by atoms with van der Waals surface area (Å²) in [6.45, 7) is 6.54. The molecular formula is C58H102O6. The fourth-order valence-electron chi connectivity index (χ4n) is 7.58. The zero-order chi connectivity index (χ0) is 46.5. The Morgan fingerprint density at radius 1 is 0.312 bits per heavy atom. The molecule has 6 nitrogen and oxygen atoms in total. The molecule has 370 valence electrons. The standard InChI is InChI=1S/C58H102O6/c1-4-7-10-13-16-19-22-24-26-28-29-30-32-33-36-39-42-45-48-51-57(60)63-54-55(53-62-56(59)50-47-44-41-38-35-21-18-15-12-9-6-3)64-58(61)52-49-46-43-40-37-34-31-27-25-23-20-17-14-11-8-5-2/h15-16,18-19,21-22,24,27,31,35,55H,4-14,17,20,23,25-26,28-30,32-34,36-54H2,1-3H3/b18-15-,19-16-,24-22-,31-27-,35-21-. The molecule has 64 heavy (non-hydrogen) atoms. The topological polar surface area (TPSA) is 78.9 Å². The minimum absolute atomic E-state index is 0.0873. The van der Waals surface area contributed by atoms with Crippen LogP contribution in [-0.4, -0.2) is 37.2 Å². The Morgan fingerprint density at radius 2 is 0.578 bits per heavy atom. The van der Waals surface area contributed by atoms with Gasteiger partial charge in [-0.25, -0.2) is 0 Å². The lowest BCUT2D eigenvalue weighted by Gasteiger charge is -2.18. The predicted octanol–water partition coefficient (Wildman–Crippen LogP) is 18.0. The fourth-order valence-corrected chi connectivity index (χ4v) is 7.58. The van der Waals surface area contributed by atoms with Crippen molar-refractivity contribution in [3.8, 4) is 0 Å². The number of carbonyl (C=O) groups is 3. The van der Waals surface area contributed by atoms with Crippen LogP contribution in [0.4, 0.5) is 0 Å². The van der Waals surface area contributed by atoms with Crippen molar-refractivity contribution in [2.75, 3.05) is 13.2 Å². The van der Waals surface area contributed by atoms with E-state index in [9.17, 15) is 14.4 Å². The summed E-state index contributed by atoms with van der Waals surface area (Å²) in [5.41, 5.74) is 0. The van der Waals surface area contributed by atoms with Crippen LogP contribution in [0.5, 0.6) is 0 Å². The molecule has 0 aliphatic carbocycles. The summed E-state index contributed by atoms with van der Waals surface area (Å²) in [5.74, 6) is -0.922. The number of hydrogen-bond acceptors (Lipinski definition) is 6. The Bertz CT molecular complexity index is 1170. The average Bonchev–Trinajstić information content (AvgIpc) is 3.29. The molecular weight excluding hydrogens is 793 g/mol. The van der Waals surface area contributed by atoms with Crippen molar-refractivity contribution in [2.45, 2.75) is 277 Å². The molecule has 0 saturated carbocycles. The normalized spacial score (nSPS) is 12.5. The van der Waals surface area contributed by atoms with Crippen molar-refractivity contribution < 1.29 is 28.6 Å². The van der Waals surface area contributed by atoms with Crippen molar-refractivity contribution in [2.24, 2.45) is 0 Å². The van der Waals surface area contributed by atoms with E-state index in [1.807, 2.05) is 0 Å². The van der Waals surface area contributed by atoms with Gasteiger partial charge < -0.3 is 14.2 Å². The van der Waals surface area contributed by atoms with Crippen molar-refractivity contribution in [3.05, 3.63) is 60.8 Å². The van der Waals surface area contributed by atoms with Gasteiger partial charge in [-0.2, -0.15) is 0 Å². The second-order valence-electron chi connectivity index (χ2n) is 18.2. The van der Waals surface area contributed by atoms with E-state index in [4.69, 9.17) is 14.2 Å². The van der Waals surface area contributed by atoms with E-state index in [2.05, 4.69) is 81.5 Å². The van der Waals surface area contributed by atoms with Gasteiger partial charge in [-0.1, -0.05) is 223 Å². The molecule has 0 aliphatic heterocycles. The minimum Gasteiger partial charge on any atom is -0.462 e. The van der Waals surface area contributed by atoms with Crippen molar-refractivity contribution in [1.29, 1.82) is 0 Å². The molecule has 1 atom stereocenters. The number of hydrogen-bond donors (Lipinski definition) is 0. The summed E-state index contributed by atoms with van der Waals surface area (Å²) in [7, 11) is 0. The fraction of sp³-hybridized carbons (Fsp3) is 0.776. The SMILES string of the molecule is CCCC/C=C\C=C/CCCCCC(=O)OCC(COC(=O)CCCCCCCCCCCC/C=C\C=C/CCCCC)OC(=O)CCCCCCC/C=C\CCCCCCCCC. The number of allylic oxidation sites excluding steroid dienone is 10. The van der Waals surface area contributed by atoms with Gasteiger partial charge in [0.1, 0.15) is 13.2 Å². The Morgan fingerprint density at radius 3 is 0.969 bits per heavy atom. The largest absolute Gasteiger partial charge is 0.462 e. The van der Waals surface area contributed by atoms with Crippen LogP contribution in [0, 0.1) is 0 Å². The maximum atomic E-state index is 12.8. The van der Waals surface area contributed by atoms with E-state index >= 15 is 0 Å². The molecule has 0 aromatic heterocycles. The number of carbonyl (C=O) groups excluding carboxylic acids is 3. The molecule has 0 aliphatic rings. The van der Waals surface area contributed by atoms with Gasteiger partial charge in [0.25, 0.3) is 0 Å². The Balaban J connectivity index is 4.36. The molecule has 1 unspecified atom stereocenters. The summed E-state index contributed by atoms with van der Waals surface area (Å²) < 4.78 is 16.8. The summed E-state index contributed by atoms with van der Waals surface area (Å²) in [5, 5.41) is 0. The number of esters is 3. The Kier molecular flexibility index (Phi) is 50.4. The zero-order valence-corrected chi connectivity index (χ0v) is 42.3. The van der Waals surface area contributed by atoms with Crippen molar-refractivity contribution in [1.82, 2.24) is 0 Å². The van der Waals surface area contributed by atoms with E-state index in [0.29, 0.717) is 19.3 Å². The second-order valence-corrected chi connectivity index (χ2v) is 18.2. The number of ether oxygens (including phenoxy) is 3. The van der Waals surface area contributed by atoms with Crippen LogP contribution in [-0.2, 0) is 28.6 Å². The number of rotatable bonds is 49. The van der Waals surface area contributed by atoms with Gasteiger partial charge >= 0.3 is 17.9 Å². The van der Waals surface area contributed by atoms with Gasteiger partial charge in [-0.05, 0) is 89.9 Å². The molecule has 6 heteroatoms. The average molecular weight is 895 g/mol. The molecule has 0 fully saturated rings. The quantitative estimate of drug-likeness (QED) is 0.0199. The maximum absolute atomic E-state index is 12.8. The highest BCUT2D eigenvalue weighted by molar-refractivity contribution is 5.71. The van der Waals surface area contributed by atoms with E-state index in [1.165, 1.54) is 148 Å². The molecule has 0 amide bonds. The predicted molar refractivity (Wildman–Crippen MR) is 275 cm³/mol. The number of unbranched alkanes of at least 4 members (excludes halogenated alkanes) is 30. The van der Waals surface area contributed by atoms with Crippen LogP contribution in [0.25, 0.3) is 0 Å². The Labute approximate surface area is 396 Å². The van der Waals surface area contributed by atoms with Crippen LogP contribution in [0.3, 0.4) is 0 Å². The van der Waals surface area contributed by atoms with E-state index < -0.39 is 6.10 Å². The molecule has 0 N–H and O–H groups in total. The van der Waals surface area contributed by atoms with Gasteiger partial charge in [-0.15, -0.1) is 0 Å². The highest BCUT2D eigenvalue weighted by atomic mass is 16.6. The van der Waals surface area contributed by atoms with Crippen LogP contribution in [0.1, 0.15) is 271 Å². The highest BCUT2D eigenvalue weighted by Crippen LogP contribution is 2.15. The van der Waals surface area contributed by atoms with Crippen molar-refractivity contribution >= 4 is 17.9 Å². The van der Waals surface area contributed by atoms with Gasteiger partial charge in [0, 0.05) is 19.3 Å². The third-order valence-electron chi connectivity index (χ3n) is 11.8. The minimum atomic E-state index is -0.789. The lowest BCUT2D eigenvalue weighted by molar-refractivity contribution is -0.167. The summed E-state index contributed by atoms with van der Waals surface area (Å²) in [6.07, 6.45) is 64.9. The van der Waals surface area contributed by atoms with Crippen LogP contribution in [0.2, 0.25) is 0 Å². The summed E-state index contributed by atoms with van der Waals surface area (Å²) in [6, 6.07) is 0. The van der Waals surface area contributed by atoms with E-state index in [-0.39, 0.29) is 31.1 Å². The smallest absolute Gasteiger partial charge is 0.306 e. The van der Waals surface area contributed by atoms with Crippen LogP contribution >= 0.6 is 0 Å². The second kappa shape index (κ2) is 52.7. The maximum Gasteiger partial charge on any atom is 0.306 e. The first-order chi connectivity index (χ1) is 31.5. The first-order valence-electron chi connectivity index (χ1n) is 27.3. The molecule has 0 aromatic rings. The lowest BCUT2D eigenvalue weighted by Crippen LogP contribution is -2.30. The van der Waals surface area contributed by atoms with E-state index in [0.717, 1.165) is 83.5 Å². The lowest BCUT2D eigenvalue weighted by atomic mass is 10.1. The molecule has 0 aromatic carbocycles. The first kappa shape index (κ1) is 61.1. The molecule has 0 radical (unpaired) electrons. The van der Waals surface area contributed by atoms with Crippen LogP contribution in [0.15, 0.2) is 60.8 Å². The third kappa shape index (κ3) is 50.1. The first-order valence-corrected chi connectivity index (χ1v) is 27.3. The van der Waals surface area contributed by atoms with Gasteiger partial charge in [0.2, 0.25) is 0 Å². The summed E-state index contributed by atoms with van der Waals surface area (Å²) >= 11 is 0. The monoisotopic (exact) mass is 895 g/mol. The summed E-state index contributed by atoms with van der Waals surface area (Å²) in [4.78, 5) is 38.0. The molecule has 0 bridgehead atoms. The third-order valence-corrected chi connectivity index (χ3v) is 11.8. The molecule has 0 rings (SSSR count).